The first-order valence-corrected chi connectivity index (χ1v) is 5.80. The molecule has 0 aromatic heterocycles. The summed E-state index contributed by atoms with van der Waals surface area (Å²) in [6.07, 6.45) is 4.00. The van der Waals surface area contributed by atoms with Crippen LogP contribution in [0.5, 0.6) is 0 Å². The van der Waals surface area contributed by atoms with E-state index in [-0.39, 0.29) is 0 Å². The average Bonchev–Trinajstić information content (AvgIpc) is 2.62. The first-order chi connectivity index (χ1) is 6.75. The van der Waals surface area contributed by atoms with Gasteiger partial charge in [0, 0.05) is 12.6 Å². The Hall–Kier alpha value is -0.730. The summed E-state index contributed by atoms with van der Waals surface area (Å²) in [6, 6.07) is 0.635. The summed E-state index contributed by atoms with van der Waals surface area (Å²) in [5.41, 5.74) is 0. The molecule has 0 aromatic rings. The van der Waals surface area contributed by atoms with Crippen LogP contribution in [0.25, 0.3) is 0 Å². The van der Waals surface area contributed by atoms with Crippen LogP contribution in [-0.2, 0) is 0 Å². The molecule has 1 heterocycles. The lowest BCUT2D eigenvalue weighted by atomic mass is 9.80. The van der Waals surface area contributed by atoms with Crippen LogP contribution in [0, 0.1) is 11.8 Å². The molecule has 3 heteroatoms. The second kappa shape index (κ2) is 4.20. The number of hydrogen-bond acceptors (Lipinski definition) is 3. The van der Waals surface area contributed by atoms with Crippen LogP contribution in [0.4, 0.5) is 0 Å². The predicted octanol–water partition coefficient (Wildman–Crippen LogP) is 1.36. The number of aliphatic imine (C=N–C) groups is 1. The van der Waals surface area contributed by atoms with E-state index in [1.165, 1.54) is 19.3 Å². The summed E-state index contributed by atoms with van der Waals surface area (Å²) in [7, 11) is 0. The molecule has 0 saturated heterocycles. The van der Waals surface area contributed by atoms with Crippen molar-refractivity contribution in [2.24, 2.45) is 16.8 Å². The maximum absolute atomic E-state index is 4.38. The van der Waals surface area contributed by atoms with E-state index in [1.807, 2.05) is 0 Å². The summed E-state index contributed by atoms with van der Waals surface area (Å²) in [5.74, 6) is 2.71. The van der Waals surface area contributed by atoms with E-state index in [4.69, 9.17) is 0 Å². The Morgan fingerprint density at radius 2 is 2.21 bits per heavy atom. The number of nitrogens with one attached hydrogen (secondary N) is 2. The van der Waals surface area contributed by atoms with Gasteiger partial charge < -0.3 is 10.6 Å². The molecule has 1 saturated carbocycles. The monoisotopic (exact) mass is 195 g/mol. The van der Waals surface area contributed by atoms with Crippen LogP contribution in [0.2, 0.25) is 0 Å². The SMILES string of the molecule is CC1CCC(NC2=NCCN2)C(C)C1. The zero-order valence-electron chi connectivity index (χ0n) is 9.21. The van der Waals surface area contributed by atoms with Crippen molar-refractivity contribution in [2.75, 3.05) is 13.1 Å². The number of nitrogens with zero attached hydrogens (tertiary/aromatic N) is 1. The fourth-order valence-corrected chi connectivity index (χ4v) is 2.55. The Bertz CT molecular complexity index is 225. The molecular weight excluding hydrogens is 174 g/mol. The van der Waals surface area contributed by atoms with Gasteiger partial charge in [-0.05, 0) is 31.1 Å². The van der Waals surface area contributed by atoms with Crippen LogP contribution < -0.4 is 10.6 Å². The second-order valence-electron chi connectivity index (χ2n) is 4.80. The Labute approximate surface area is 86.4 Å². The lowest BCUT2D eigenvalue weighted by Gasteiger charge is -2.33. The molecule has 0 aromatic carbocycles. The highest BCUT2D eigenvalue weighted by atomic mass is 15.2. The molecule has 0 bridgehead atoms. The number of guanidine groups is 1. The summed E-state index contributed by atoms with van der Waals surface area (Å²) < 4.78 is 0. The number of hydrogen-bond donors (Lipinski definition) is 2. The minimum absolute atomic E-state index is 0.635. The van der Waals surface area contributed by atoms with Gasteiger partial charge in [0.15, 0.2) is 5.96 Å². The molecule has 3 nitrogen and oxygen atoms in total. The van der Waals surface area contributed by atoms with Gasteiger partial charge in [-0.1, -0.05) is 13.8 Å². The molecule has 0 spiro atoms. The van der Waals surface area contributed by atoms with Crippen LogP contribution >= 0.6 is 0 Å². The highest BCUT2D eigenvalue weighted by Crippen LogP contribution is 2.28. The Morgan fingerprint density at radius 3 is 2.86 bits per heavy atom. The molecule has 80 valence electrons. The molecule has 2 aliphatic rings. The zero-order chi connectivity index (χ0) is 9.97. The molecule has 1 aliphatic heterocycles. The third-order valence-electron chi connectivity index (χ3n) is 3.43. The average molecular weight is 195 g/mol. The largest absolute Gasteiger partial charge is 0.355 e. The maximum Gasteiger partial charge on any atom is 0.191 e. The molecule has 14 heavy (non-hydrogen) atoms. The van der Waals surface area contributed by atoms with E-state index >= 15 is 0 Å². The van der Waals surface area contributed by atoms with E-state index in [0.29, 0.717) is 6.04 Å². The van der Waals surface area contributed by atoms with Crippen molar-refractivity contribution in [3.05, 3.63) is 0 Å². The van der Waals surface area contributed by atoms with Crippen molar-refractivity contribution < 1.29 is 0 Å². The topological polar surface area (TPSA) is 36.4 Å². The molecular formula is C11H21N3. The quantitative estimate of drug-likeness (QED) is 0.663. The molecule has 3 unspecified atom stereocenters. The zero-order valence-corrected chi connectivity index (χ0v) is 9.21. The first kappa shape index (κ1) is 9.81. The highest BCUT2D eigenvalue weighted by molar-refractivity contribution is 5.81. The smallest absolute Gasteiger partial charge is 0.191 e. The summed E-state index contributed by atoms with van der Waals surface area (Å²) in [4.78, 5) is 4.38. The van der Waals surface area contributed by atoms with Gasteiger partial charge in [0.25, 0.3) is 0 Å². The molecule has 1 fully saturated rings. The minimum Gasteiger partial charge on any atom is -0.355 e. The van der Waals surface area contributed by atoms with Gasteiger partial charge in [-0.3, -0.25) is 4.99 Å². The van der Waals surface area contributed by atoms with E-state index < -0.39 is 0 Å². The van der Waals surface area contributed by atoms with Crippen LogP contribution in [0.15, 0.2) is 4.99 Å². The lowest BCUT2D eigenvalue weighted by Crippen LogP contribution is -2.46. The Balaban J connectivity index is 1.85. The molecule has 2 rings (SSSR count). The second-order valence-corrected chi connectivity index (χ2v) is 4.80. The van der Waals surface area contributed by atoms with Crippen molar-refractivity contribution in [1.29, 1.82) is 0 Å². The van der Waals surface area contributed by atoms with E-state index in [1.54, 1.807) is 0 Å². The maximum atomic E-state index is 4.38. The summed E-state index contributed by atoms with van der Waals surface area (Å²) >= 11 is 0. The van der Waals surface area contributed by atoms with Crippen LogP contribution in [0.3, 0.4) is 0 Å². The van der Waals surface area contributed by atoms with Gasteiger partial charge in [-0.15, -0.1) is 0 Å². The van der Waals surface area contributed by atoms with Crippen LogP contribution in [-0.4, -0.2) is 25.1 Å². The lowest BCUT2D eigenvalue weighted by molar-refractivity contribution is 0.246. The normalized spacial score (nSPS) is 37.6. The third kappa shape index (κ3) is 2.20. The minimum atomic E-state index is 0.635. The van der Waals surface area contributed by atoms with E-state index in [9.17, 15) is 0 Å². The highest BCUT2D eigenvalue weighted by Gasteiger charge is 2.26. The van der Waals surface area contributed by atoms with Crippen molar-refractivity contribution in [3.63, 3.8) is 0 Å². The summed E-state index contributed by atoms with van der Waals surface area (Å²) in [6.45, 7) is 6.64. The van der Waals surface area contributed by atoms with E-state index in [2.05, 4.69) is 29.5 Å². The van der Waals surface area contributed by atoms with Crippen LogP contribution in [0.1, 0.15) is 33.1 Å². The van der Waals surface area contributed by atoms with Crippen molar-refractivity contribution in [3.8, 4) is 0 Å². The van der Waals surface area contributed by atoms with Gasteiger partial charge in [0.05, 0.1) is 6.54 Å². The van der Waals surface area contributed by atoms with Gasteiger partial charge in [-0.2, -0.15) is 0 Å². The van der Waals surface area contributed by atoms with Gasteiger partial charge in [-0.25, -0.2) is 0 Å². The number of rotatable bonds is 1. The molecule has 3 atom stereocenters. The van der Waals surface area contributed by atoms with Gasteiger partial charge >= 0.3 is 0 Å². The summed E-state index contributed by atoms with van der Waals surface area (Å²) in [5, 5.41) is 6.80. The van der Waals surface area contributed by atoms with Crippen molar-refractivity contribution >= 4 is 5.96 Å². The fourth-order valence-electron chi connectivity index (χ4n) is 2.55. The molecule has 1 aliphatic carbocycles. The molecule has 2 N–H and O–H groups in total. The third-order valence-corrected chi connectivity index (χ3v) is 3.43. The standard InChI is InChI=1S/C11H21N3/c1-8-3-4-10(9(2)7-8)14-11-12-5-6-13-11/h8-10H,3-7H2,1-2H3,(H2,12,13,14). The fraction of sp³-hybridized carbons (Fsp3) is 0.909. The first-order valence-electron chi connectivity index (χ1n) is 5.80. The Kier molecular flexibility index (Phi) is 2.94. The van der Waals surface area contributed by atoms with Crippen molar-refractivity contribution in [1.82, 2.24) is 10.6 Å². The molecule has 0 amide bonds. The molecule has 0 radical (unpaired) electrons. The van der Waals surface area contributed by atoms with E-state index in [0.717, 1.165) is 30.9 Å². The van der Waals surface area contributed by atoms with Gasteiger partial charge in [0.2, 0.25) is 0 Å². The van der Waals surface area contributed by atoms with Gasteiger partial charge in [0.1, 0.15) is 0 Å². The predicted molar refractivity (Wildman–Crippen MR) is 59.4 cm³/mol. The Morgan fingerprint density at radius 1 is 1.36 bits per heavy atom. The van der Waals surface area contributed by atoms with Crippen molar-refractivity contribution in [2.45, 2.75) is 39.2 Å².